The van der Waals surface area contributed by atoms with Gasteiger partial charge in [-0.2, -0.15) is 0 Å². The second-order valence-electron chi connectivity index (χ2n) is 6.38. The first-order chi connectivity index (χ1) is 14.0. The highest BCUT2D eigenvalue weighted by Gasteiger charge is 2.14. The van der Waals surface area contributed by atoms with Crippen molar-refractivity contribution in [2.75, 3.05) is 6.61 Å². The summed E-state index contributed by atoms with van der Waals surface area (Å²) in [4.78, 5) is 24.7. The number of Topliss-reactive ketones (excluding diaryl/α,β-unsaturated/α-hetero) is 1. The van der Waals surface area contributed by atoms with Crippen LogP contribution in [-0.4, -0.2) is 17.5 Å². The molecule has 5 nitrogen and oxygen atoms in total. The van der Waals surface area contributed by atoms with Crippen molar-refractivity contribution in [3.63, 3.8) is 0 Å². The molecule has 1 heterocycles. The normalized spacial score (nSPS) is 10.8. The van der Waals surface area contributed by atoms with E-state index >= 15 is 0 Å². The fraction of sp³-hybridized carbons (Fsp3) is 0.0435. The molecule has 4 rings (SSSR count). The minimum absolute atomic E-state index is 0.0565. The van der Waals surface area contributed by atoms with E-state index in [-0.39, 0.29) is 40.3 Å². The van der Waals surface area contributed by atoms with E-state index < -0.39 is 0 Å². The second kappa shape index (κ2) is 7.81. The van der Waals surface area contributed by atoms with Crippen LogP contribution in [0.1, 0.15) is 10.4 Å². The van der Waals surface area contributed by atoms with Crippen LogP contribution in [-0.2, 0) is 0 Å². The van der Waals surface area contributed by atoms with Crippen molar-refractivity contribution >= 4 is 28.4 Å². The van der Waals surface area contributed by atoms with Crippen LogP contribution in [0.25, 0.3) is 22.3 Å². The van der Waals surface area contributed by atoms with Crippen molar-refractivity contribution in [3.05, 3.63) is 93.6 Å². The van der Waals surface area contributed by atoms with E-state index in [0.29, 0.717) is 16.3 Å². The molecule has 3 aromatic carbocycles. The number of halogens is 1. The highest BCUT2D eigenvalue weighted by molar-refractivity contribution is 6.30. The SMILES string of the molecule is O=C(COc1cc(O)c2c(=O)cc(-c3ccccc3)oc2c1)c1ccc(Cl)cc1. The number of carbonyl (C=O) groups is 1. The zero-order valence-corrected chi connectivity index (χ0v) is 15.8. The lowest BCUT2D eigenvalue weighted by Gasteiger charge is -2.09. The molecule has 0 bridgehead atoms. The smallest absolute Gasteiger partial charge is 0.200 e. The van der Waals surface area contributed by atoms with Gasteiger partial charge in [-0.3, -0.25) is 9.59 Å². The molecule has 144 valence electrons. The first-order valence-corrected chi connectivity index (χ1v) is 9.17. The number of ketones is 1. The van der Waals surface area contributed by atoms with Gasteiger partial charge in [-0.1, -0.05) is 41.9 Å². The molecule has 0 aliphatic carbocycles. The summed E-state index contributed by atoms with van der Waals surface area (Å²) in [5.74, 6) is 0.0631. The molecule has 1 N–H and O–H groups in total. The van der Waals surface area contributed by atoms with Crippen LogP contribution in [0.5, 0.6) is 11.5 Å². The van der Waals surface area contributed by atoms with Gasteiger partial charge < -0.3 is 14.3 Å². The van der Waals surface area contributed by atoms with Crippen molar-refractivity contribution in [3.8, 4) is 22.8 Å². The summed E-state index contributed by atoms with van der Waals surface area (Å²) < 4.78 is 11.3. The Morgan fingerprint density at radius 3 is 2.45 bits per heavy atom. The molecule has 1 aromatic heterocycles. The lowest BCUT2D eigenvalue weighted by atomic mass is 10.1. The van der Waals surface area contributed by atoms with Gasteiger partial charge in [-0.05, 0) is 24.3 Å². The molecule has 0 saturated carbocycles. The number of phenols is 1. The first-order valence-electron chi connectivity index (χ1n) is 8.79. The third kappa shape index (κ3) is 4.00. The van der Waals surface area contributed by atoms with E-state index in [1.54, 1.807) is 24.3 Å². The van der Waals surface area contributed by atoms with Gasteiger partial charge in [0.15, 0.2) is 17.8 Å². The van der Waals surface area contributed by atoms with Crippen LogP contribution >= 0.6 is 11.6 Å². The second-order valence-corrected chi connectivity index (χ2v) is 6.81. The maximum atomic E-state index is 12.5. The zero-order chi connectivity index (χ0) is 20.4. The van der Waals surface area contributed by atoms with Crippen LogP contribution in [0.3, 0.4) is 0 Å². The number of phenolic OH excluding ortho intramolecular Hbond substituents is 1. The third-order valence-electron chi connectivity index (χ3n) is 4.38. The predicted octanol–water partition coefficient (Wildman–Crippen LogP) is 5.08. The summed E-state index contributed by atoms with van der Waals surface area (Å²) in [6.45, 7) is -0.241. The Hall–Kier alpha value is -3.57. The summed E-state index contributed by atoms with van der Waals surface area (Å²) in [6, 6.07) is 19.7. The molecule has 0 atom stereocenters. The number of benzene rings is 3. The van der Waals surface area contributed by atoms with Crippen LogP contribution in [0.4, 0.5) is 0 Å². The minimum atomic E-state index is -0.369. The monoisotopic (exact) mass is 406 g/mol. The highest BCUT2D eigenvalue weighted by atomic mass is 35.5. The minimum Gasteiger partial charge on any atom is -0.507 e. The average Bonchev–Trinajstić information content (AvgIpc) is 2.72. The van der Waals surface area contributed by atoms with Crippen molar-refractivity contribution in [1.82, 2.24) is 0 Å². The van der Waals surface area contributed by atoms with Gasteiger partial charge in [-0.15, -0.1) is 0 Å². The Bertz CT molecular complexity index is 1240. The first kappa shape index (κ1) is 18.8. The van der Waals surface area contributed by atoms with Gasteiger partial charge in [0.25, 0.3) is 0 Å². The molecule has 6 heteroatoms. The van der Waals surface area contributed by atoms with Crippen molar-refractivity contribution in [2.24, 2.45) is 0 Å². The fourth-order valence-corrected chi connectivity index (χ4v) is 3.07. The summed E-state index contributed by atoms with van der Waals surface area (Å²) >= 11 is 5.83. The quantitative estimate of drug-likeness (QED) is 0.467. The van der Waals surface area contributed by atoms with E-state index in [0.717, 1.165) is 5.56 Å². The molecular weight excluding hydrogens is 392 g/mol. The fourth-order valence-electron chi connectivity index (χ4n) is 2.94. The third-order valence-corrected chi connectivity index (χ3v) is 4.63. The van der Waals surface area contributed by atoms with Gasteiger partial charge in [-0.25, -0.2) is 0 Å². The molecular formula is C23H15ClO5. The van der Waals surface area contributed by atoms with Gasteiger partial charge in [0.1, 0.15) is 28.2 Å². The van der Waals surface area contributed by atoms with Crippen LogP contribution in [0.15, 0.2) is 82.0 Å². The molecule has 0 unspecified atom stereocenters. The van der Waals surface area contributed by atoms with Gasteiger partial charge in [0, 0.05) is 34.3 Å². The molecule has 29 heavy (non-hydrogen) atoms. The van der Waals surface area contributed by atoms with Crippen molar-refractivity contribution in [2.45, 2.75) is 0 Å². The van der Waals surface area contributed by atoms with E-state index in [1.165, 1.54) is 18.2 Å². The molecule has 0 radical (unpaired) electrons. The van der Waals surface area contributed by atoms with Gasteiger partial charge in [0.05, 0.1) is 0 Å². The summed E-state index contributed by atoms with van der Waals surface area (Å²) in [5.41, 5.74) is 0.990. The summed E-state index contributed by atoms with van der Waals surface area (Å²) in [7, 11) is 0. The molecule has 0 spiro atoms. The molecule has 4 aromatic rings. The number of fused-ring (bicyclic) bond motifs is 1. The maximum absolute atomic E-state index is 12.5. The van der Waals surface area contributed by atoms with E-state index in [9.17, 15) is 14.7 Å². The van der Waals surface area contributed by atoms with E-state index in [1.807, 2.05) is 30.3 Å². The Labute approximate surface area is 170 Å². The molecule has 0 fully saturated rings. The topological polar surface area (TPSA) is 76.7 Å². The molecule has 0 amide bonds. The number of carbonyl (C=O) groups excluding carboxylic acids is 1. The Morgan fingerprint density at radius 1 is 1.00 bits per heavy atom. The van der Waals surface area contributed by atoms with Gasteiger partial charge >= 0.3 is 0 Å². The van der Waals surface area contributed by atoms with Crippen LogP contribution < -0.4 is 10.2 Å². The van der Waals surface area contributed by atoms with Crippen molar-refractivity contribution in [1.29, 1.82) is 0 Å². The van der Waals surface area contributed by atoms with E-state index in [2.05, 4.69) is 0 Å². The summed E-state index contributed by atoms with van der Waals surface area (Å²) in [6.07, 6.45) is 0. The zero-order valence-electron chi connectivity index (χ0n) is 15.1. The number of hydrogen-bond donors (Lipinski definition) is 1. The summed E-state index contributed by atoms with van der Waals surface area (Å²) in [5, 5.41) is 10.9. The number of hydrogen-bond acceptors (Lipinski definition) is 5. The number of aromatic hydroxyl groups is 1. The number of ether oxygens (including phenoxy) is 1. The Kier molecular flexibility index (Phi) is 5.06. The van der Waals surface area contributed by atoms with E-state index in [4.69, 9.17) is 20.8 Å². The number of rotatable bonds is 5. The lowest BCUT2D eigenvalue weighted by molar-refractivity contribution is 0.0921. The largest absolute Gasteiger partial charge is 0.507 e. The Morgan fingerprint density at radius 2 is 1.72 bits per heavy atom. The Balaban J connectivity index is 1.64. The predicted molar refractivity (Wildman–Crippen MR) is 111 cm³/mol. The molecule has 0 aliphatic rings. The lowest BCUT2D eigenvalue weighted by Crippen LogP contribution is -2.11. The highest BCUT2D eigenvalue weighted by Crippen LogP contribution is 2.31. The van der Waals surface area contributed by atoms with Crippen LogP contribution in [0, 0.1) is 0 Å². The van der Waals surface area contributed by atoms with Gasteiger partial charge in [0.2, 0.25) is 0 Å². The van der Waals surface area contributed by atoms with Crippen LogP contribution in [0.2, 0.25) is 5.02 Å². The standard InChI is InChI=1S/C23H15ClO5/c24-16-8-6-14(7-9-16)20(27)13-28-17-10-18(25)23-19(26)12-21(29-22(23)11-17)15-4-2-1-3-5-15/h1-12,25H,13H2. The molecule has 0 saturated heterocycles. The van der Waals surface area contributed by atoms with Crippen molar-refractivity contribution < 1.29 is 19.1 Å². The maximum Gasteiger partial charge on any atom is 0.200 e. The average molecular weight is 407 g/mol. The molecule has 0 aliphatic heterocycles.